The van der Waals surface area contributed by atoms with Crippen LogP contribution in [0.25, 0.3) is 11.3 Å². The molecule has 162 valence electrons. The summed E-state index contributed by atoms with van der Waals surface area (Å²) >= 11 is 0. The molecule has 0 saturated heterocycles. The summed E-state index contributed by atoms with van der Waals surface area (Å²) in [7, 11) is -0.675. The number of hydrogen-bond acceptors (Lipinski definition) is 5. The third-order valence-corrected chi connectivity index (χ3v) is 7.15. The van der Waals surface area contributed by atoms with Gasteiger partial charge in [-0.2, -0.15) is 5.10 Å². The number of nitrogens with one attached hydrogen (secondary N) is 1. The summed E-state index contributed by atoms with van der Waals surface area (Å²) in [5.74, 6) is 0.562. The highest BCUT2D eigenvalue weighted by atomic mass is 32.2. The van der Waals surface area contributed by atoms with Crippen molar-refractivity contribution in [1.29, 1.82) is 0 Å². The topological polar surface area (TPSA) is 90.3 Å². The molecular formula is C23H25N3O4S. The van der Waals surface area contributed by atoms with Gasteiger partial charge >= 0.3 is 0 Å². The molecule has 0 spiro atoms. The van der Waals surface area contributed by atoms with Crippen LogP contribution in [-0.4, -0.2) is 25.3 Å². The van der Waals surface area contributed by atoms with Gasteiger partial charge in [0.25, 0.3) is 15.6 Å². The Labute approximate surface area is 181 Å². The van der Waals surface area contributed by atoms with E-state index in [1.54, 1.807) is 50.4 Å². The van der Waals surface area contributed by atoms with E-state index in [4.69, 9.17) is 4.74 Å². The maximum absolute atomic E-state index is 13.2. The number of ether oxygens (including phenoxy) is 1. The Hall–Kier alpha value is -3.13. The van der Waals surface area contributed by atoms with Crippen LogP contribution in [0, 0.1) is 6.92 Å². The molecule has 3 aromatic rings. The molecule has 1 N–H and O–H groups in total. The first-order valence-corrected chi connectivity index (χ1v) is 11.7. The maximum atomic E-state index is 13.2. The Morgan fingerprint density at radius 1 is 1.06 bits per heavy atom. The van der Waals surface area contributed by atoms with E-state index in [0.717, 1.165) is 36.8 Å². The number of methoxy groups -OCH3 is 1. The summed E-state index contributed by atoms with van der Waals surface area (Å²) in [4.78, 5) is 12.7. The molecule has 0 amide bonds. The van der Waals surface area contributed by atoms with Crippen molar-refractivity contribution in [3.8, 4) is 17.0 Å². The molecule has 0 fully saturated rings. The fourth-order valence-electron chi connectivity index (χ4n) is 4.02. The molecule has 7 nitrogen and oxygen atoms in total. The highest BCUT2D eigenvalue weighted by Gasteiger charge is 2.23. The van der Waals surface area contributed by atoms with E-state index in [1.807, 2.05) is 6.07 Å². The normalized spacial score (nSPS) is 13.5. The highest BCUT2D eigenvalue weighted by Crippen LogP contribution is 2.31. The van der Waals surface area contributed by atoms with Crippen LogP contribution in [0.2, 0.25) is 0 Å². The van der Waals surface area contributed by atoms with Gasteiger partial charge < -0.3 is 4.74 Å². The van der Waals surface area contributed by atoms with Crippen LogP contribution in [0.3, 0.4) is 0 Å². The molecule has 2 aromatic carbocycles. The van der Waals surface area contributed by atoms with Gasteiger partial charge in [-0.25, -0.2) is 13.1 Å². The predicted octanol–water partition coefficient (Wildman–Crippen LogP) is 3.44. The molecule has 0 unspecified atom stereocenters. The lowest BCUT2D eigenvalue weighted by Gasteiger charge is -2.20. The third kappa shape index (κ3) is 4.07. The van der Waals surface area contributed by atoms with Crippen LogP contribution in [0.5, 0.6) is 5.75 Å². The molecular weight excluding hydrogens is 414 g/mol. The second-order valence-electron chi connectivity index (χ2n) is 7.76. The number of sulfonamides is 1. The largest absolute Gasteiger partial charge is 0.497 e. The van der Waals surface area contributed by atoms with Crippen LogP contribution >= 0.6 is 0 Å². The average molecular weight is 440 g/mol. The zero-order chi connectivity index (χ0) is 22.2. The van der Waals surface area contributed by atoms with Gasteiger partial charge in [0.05, 0.1) is 23.4 Å². The van der Waals surface area contributed by atoms with Gasteiger partial charge in [0.1, 0.15) is 5.75 Å². The lowest BCUT2D eigenvalue weighted by molar-refractivity contribution is 0.415. The molecule has 0 bridgehead atoms. The number of anilines is 1. The average Bonchev–Trinajstić information content (AvgIpc) is 2.76. The Balaban J connectivity index is 1.79. The van der Waals surface area contributed by atoms with Gasteiger partial charge in [-0.3, -0.25) is 9.52 Å². The predicted molar refractivity (Wildman–Crippen MR) is 120 cm³/mol. The number of aryl methyl sites for hydroxylation is 2. The van der Waals surface area contributed by atoms with Crippen molar-refractivity contribution in [3.63, 3.8) is 0 Å². The fourth-order valence-corrected chi connectivity index (χ4v) is 5.34. The number of benzene rings is 2. The third-order valence-electron chi connectivity index (χ3n) is 5.63. The summed E-state index contributed by atoms with van der Waals surface area (Å²) in [6.07, 6.45) is 3.46. The molecule has 8 heteroatoms. The van der Waals surface area contributed by atoms with Crippen molar-refractivity contribution in [3.05, 3.63) is 69.5 Å². The zero-order valence-electron chi connectivity index (χ0n) is 17.8. The number of fused-ring (bicyclic) bond motifs is 1. The summed E-state index contributed by atoms with van der Waals surface area (Å²) in [6.45, 7) is 1.76. The Morgan fingerprint density at radius 2 is 1.81 bits per heavy atom. The Kier molecular flexibility index (Phi) is 5.58. The lowest BCUT2D eigenvalue weighted by atomic mass is 9.89. The van der Waals surface area contributed by atoms with Crippen LogP contribution in [-0.2, 0) is 29.9 Å². The molecule has 0 radical (unpaired) electrons. The molecule has 0 aliphatic heterocycles. The van der Waals surface area contributed by atoms with E-state index >= 15 is 0 Å². The van der Waals surface area contributed by atoms with Crippen molar-refractivity contribution in [2.45, 2.75) is 37.5 Å². The number of hydrogen-bond donors (Lipinski definition) is 1. The van der Waals surface area contributed by atoms with Crippen molar-refractivity contribution in [1.82, 2.24) is 9.78 Å². The standard InChI is InChI=1S/C23H25N3O4S/c1-15-11-12-16(22-19-9-4-5-10-20(19)23(27)26(2)24-22)13-21(15)31(28,29)25-17-7-6-8-18(14-17)30-3/h6-8,11-14,25H,4-5,9-10H2,1-3H3. The van der Waals surface area contributed by atoms with Crippen LogP contribution in [0.4, 0.5) is 5.69 Å². The van der Waals surface area contributed by atoms with Crippen LogP contribution < -0.4 is 15.0 Å². The Bertz CT molecular complexity index is 1310. The number of aromatic nitrogens is 2. The SMILES string of the molecule is COc1cccc(NS(=O)(=O)c2cc(-c3nn(C)c(=O)c4c3CCCC4)ccc2C)c1. The summed E-state index contributed by atoms with van der Waals surface area (Å²) in [5.41, 5.74) is 4.05. The monoisotopic (exact) mass is 439 g/mol. The molecule has 31 heavy (non-hydrogen) atoms. The van der Waals surface area contributed by atoms with Crippen molar-refractivity contribution in [2.75, 3.05) is 11.8 Å². The van der Waals surface area contributed by atoms with E-state index < -0.39 is 10.0 Å². The van der Waals surface area contributed by atoms with E-state index in [2.05, 4.69) is 9.82 Å². The Morgan fingerprint density at radius 3 is 2.55 bits per heavy atom. The minimum atomic E-state index is -3.84. The molecule has 1 aromatic heterocycles. The highest BCUT2D eigenvalue weighted by molar-refractivity contribution is 7.92. The molecule has 1 aliphatic rings. The van der Waals surface area contributed by atoms with Crippen LogP contribution in [0.1, 0.15) is 29.5 Å². The zero-order valence-corrected chi connectivity index (χ0v) is 18.6. The van der Waals surface area contributed by atoms with Gasteiger partial charge in [0.15, 0.2) is 0 Å². The van der Waals surface area contributed by atoms with Crippen molar-refractivity contribution >= 4 is 15.7 Å². The molecule has 4 rings (SSSR count). The molecule has 0 saturated carbocycles. The minimum absolute atomic E-state index is 0.0712. The van der Waals surface area contributed by atoms with Gasteiger partial charge in [0, 0.05) is 24.2 Å². The van der Waals surface area contributed by atoms with Gasteiger partial charge in [-0.15, -0.1) is 0 Å². The van der Waals surface area contributed by atoms with E-state index in [-0.39, 0.29) is 10.5 Å². The van der Waals surface area contributed by atoms with E-state index in [0.29, 0.717) is 28.3 Å². The number of nitrogens with zero attached hydrogens (tertiary/aromatic N) is 2. The smallest absolute Gasteiger partial charge is 0.269 e. The first-order valence-electron chi connectivity index (χ1n) is 10.2. The molecule has 1 aliphatic carbocycles. The molecule has 1 heterocycles. The quantitative estimate of drug-likeness (QED) is 0.658. The first-order chi connectivity index (χ1) is 14.8. The van der Waals surface area contributed by atoms with E-state index in [9.17, 15) is 13.2 Å². The number of rotatable bonds is 5. The molecule has 0 atom stereocenters. The minimum Gasteiger partial charge on any atom is -0.497 e. The summed E-state index contributed by atoms with van der Waals surface area (Å²) in [5, 5.41) is 4.49. The van der Waals surface area contributed by atoms with Crippen LogP contribution in [0.15, 0.2) is 52.2 Å². The summed E-state index contributed by atoms with van der Waals surface area (Å²) < 4.78 is 35.5. The van der Waals surface area contributed by atoms with Gasteiger partial charge in [-0.05, 0) is 61.9 Å². The van der Waals surface area contributed by atoms with Gasteiger partial charge in [0.2, 0.25) is 0 Å². The first kappa shape index (κ1) is 21.1. The van der Waals surface area contributed by atoms with Gasteiger partial charge in [-0.1, -0.05) is 18.2 Å². The second kappa shape index (κ2) is 8.19. The second-order valence-corrected chi connectivity index (χ2v) is 9.41. The maximum Gasteiger partial charge on any atom is 0.269 e. The fraction of sp³-hybridized carbons (Fsp3) is 0.304. The lowest BCUT2D eigenvalue weighted by Crippen LogP contribution is -2.28. The van der Waals surface area contributed by atoms with Crippen molar-refractivity contribution < 1.29 is 13.2 Å². The summed E-state index contributed by atoms with van der Waals surface area (Å²) in [6, 6.07) is 12.0. The van der Waals surface area contributed by atoms with E-state index in [1.165, 1.54) is 11.8 Å². The van der Waals surface area contributed by atoms with Crippen molar-refractivity contribution in [2.24, 2.45) is 7.05 Å².